The molecule has 0 bridgehead atoms. The number of thiazole rings is 1. The van der Waals surface area contributed by atoms with Crippen molar-refractivity contribution in [3.05, 3.63) is 58.2 Å². The molecule has 0 saturated heterocycles. The van der Waals surface area contributed by atoms with Crippen molar-refractivity contribution in [1.82, 2.24) is 20.5 Å². The molecule has 1 aromatic carbocycles. The fraction of sp³-hybridized carbons (Fsp3) is 0.294. The molecule has 114 valence electrons. The normalized spacial score (nSPS) is 11.0. The highest BCUT2D eigenvalue weighted by Crippen LogP contribution is 2.21. The quantitative estimate of drug-likeness (QED) is 0.656. The Morgan fingerprint density at radius 2 is 2.09 bits per heavy atom. The molecule has 0 aliphatic rings. The van der Waals surface area contributed by atoms with E-state index in [1.54, 1.807) is 11.3 Å². The fourth-order valence-electron chi connectivity index (χ4n) is 2.36. The number of aromatic nitrogens is 3. The van der Waals surface area contributed by atoms with Crippen LogP contribution in [0.25, 0.3) is 11.3 Å². The SMILES string of the molecule is Cc1[nH]ncc1CCCNCc1nc(-c2ccccc2)cs1. The lowest BCUT2D eigenvalue weighted by Gasteiger charge is -2.02. The lowest BCUT2D eigenvalue weighted by atomic mass is 10.1. The zero-order valence-electron chi connectivity index (χ0n) is 12.7. The van der Waals surface area contributed by atoms with Crippen molar-refractivity contribution in [3.63, 3.8) is 0 Å². The second-order valence-corrected chi connectivity index (χ2v) is 6.24. The lowest BCUT2D eigenvalue weighted by molar-refractivity contribution is 0.647. The van der Waals surface area contributed by atoms with E-state index in [2.05, 4.69) is 44.9 Å². The Balaban J connectivity index is 1.43. The summed E-state index contributed by atoms with van der Waals surface area (Å²) in [4.78, 5) is 4.68. The van der Waals surface area contributed by atoms with Gasteiger partial charge in [-0.15, -0.1) is 11.3 Å². The highest BCUT2D eigenvalue weighted by atomic mass is 32.1. The molecule has 22 heavy (non-hydrogen) atoms. The van der Waals surface area contributed by atoms with E-state index in [0.717, 1.165) is 36.6 Å². The molecule has 3 aromatic rings. The van der Waals surface area contributed by atoms with E-state index in [4.69, 9.17) is 0 Å². The fourth-order valence-corrected chi connectivity index (χ4v) is 3.13. The molecule has 0 radical (unpaired) electrons. The number of benzene rings is 1. The summed E-state index contributed by atoms with van der Waals surface area (Å²) in [6.45, 7) is 3.89. The van der Waals surface area contributed by atoms with Crippen LogP contribution in [0.2, 0.25) is 0 Å². The Morgan fingerprint density at radius 3 is 2.86 bits per heavy atom. The Labute approximate surface area is 134 Å². The van der Waals surface area contributed by atoms with Gasteiger partial charge in [-0.25, -0.2) is 4.98 Å². The molecule has 3 rings (SSSR count). The second kappa shape index (κ2) is 7.33. The number of aryl methyl sites for hydroxylation is 2. The summed E-state index contributed by atoms with van der Waals surface area (Å²) in [6, 6.07) is 10.3. The van der Waals surface area contributed by atoms with Crippen LogP contribution in [-0.4, -0.2) is 21.7 Å². The summed E-state index contributed by atoms with van der Waals surface area (Å²) in [6.07, 6.45) is 4.09. The maximum Gasteiger partial charge on any atom is 0.107 e. The first-order valence-electron chi connectivity index (χ1n) is 7.52. The van der Waals surface area contributed by atoms with Gasteiger partial charge < -0.3 is 5.32 Å². The Bertz CT molecular complexity index is 702. The Hall–Kier alpha value is -1.98. The van der Waals surface area contributed by atoms with E-state index in [0.29, 0.717) is 0 Å². The zero-order chi connectivity index (χ0) is 15.2. The van der Waals surface area contributed by atoms with E-state index in [-0.39, 0.29) is 0 Å². The van der Waals surface area contributed by atoms with Crippen LogP contribution in [0.3, 0.4) is 0 Å². The van der Waals surface area contributed by atoms with E-state index in [1.807, 2.05) is 24.4 Å². The van der Waals surface area contributed by atoms with E-state index in [9.17, 15) is 0 Å². The van der Waals surface area contributed by atoms with E-state index < -0.39 is 0 Å². The van der Waals surface area contributed by atoms with Crippen molar-refractivity contribution in [2.24, 2.45) is 0 Å². The first-order valence-corrected chi connectivity index (χ1v) is 8.40. The van der Waals surface area contributed by atoms with Crippen molar-refractivity contribution in [2.45, 2.75) is 26.3 Å². The number of hydrogen-bond donors (Lipinski definition) is 2. The number of nitrogens with zero attached hydrogens (tertiary/aromatic N) is 2. The monoisotopic (exact) mass is 312 g/mol. The van der Waals surface area contributed by atoms with Crippen LogP contribution in [0, 0.1) is 6.92 Å². The zero-order valence-corrected chi connectivity index (χ0v) is 13.5. The standard InChI is InChI=1S/C17H20N4S/c1-13-15(10-19-21-13)8-5-9-18-11-17-20-16(12-22-17)14-6-3-2-4-7-14/h2-4,6-7,10,12,18H,5,8-9,11H2,1H3,(H,19,21). The van der Waals surface area contributed by atoms with Crippen LogP contribution in [0.15, 0.2) is 41.9 Å². The lowest BCUT2D eigenvalue weighted by Crippen LogP contribution is -2.15. The molecule has 0 amide bonds. The molecule has 2 heterocycles. The van der Waals surface area contributed by atoms with Crippen LogP contribution in [0.4, 0.5) is 0 Å². The average molecular weight is 312 g/mol. The molecule has 0 saturated carbocycles. The third-order valence-corrected chi connectivity index (χ3v) is 4.48. The Kier molecular flexibility index (Phi) is 4.98. The smallest absolute Gasteiger partial charge is 0.107 e. The van der Waals surface area contributed by atoms with Gasteiger partial charge in [0, 0.05) is 23.2 Å². The van der Waals surface area contributed by atoms with Crippen molar-refractivity contribution in [3.8, 4) is 11.3 Å². The third kappa shape index (κ3) is 3.81. The van der Waals surface area contributed by atoms with Crippen molar-refractivity contribution >= 4 is 11.3 Å². The summed E-state index contributed by atoms with van der Waals surface area (Å²) >= 11 is 1.71. The minimum Gasteiger partial charge on any atom is -0.310 e. The second-order valence-electron chi connectivity index (χ2n) is 5.29. The van der Waals surface area contributed by atoms with Crippen LogP contribution in [0.1, 0.15) is 22.7 Å². The molecule has 0 atom stereocenters. The van der Waals surface area contributed by atoms with Crippen LogP contribution >= 0.6 is 11.3 Å². The van der Waals surface area contributed by atoms with Crippen LogP contribution in [-0.2, 0) is 13.0 Å². The minimum absolute atomic E-state index is 0.835. The Morgan fingerprint density at radius 1 is 1.23 bits per heavy atom. The maximum atomic E-state index is 4.68. The van der Waals surface area contributed by atoms with Gasteiger partial charge in [0.15, 0.2) is 0 Å². The van der Waals surface area contributed by atoms with Gasteiger partial charge in [0.05, 0.1) is 11.9 Å². The number of rotatable bonds is 7. The molecule has 0 spiro atoms. The molecule has 4 nitrogen and oxygen atoms in total. The predicted octanol–water partition coefficient (Wildman–Crippen LogP) is 3.56. The molecular weight excluding hydrogens is 292 g/mol. The molecular formula is C17H20N4S. The molecule has 0 aliphatic carbocycles. The number of aromatic amines is 1. The highest BCUT2D eigenvalue weighted by Gasteiger charge is 2.04. The number of H-pyrrole nitrogens is 1. The van der Waals surface area contributed by atoms with Gasteiger partial charge in [-0.2, -0.15) is 5.10 Å². The maximum absolute atomic E-state index is 4.68. The number of hydrogen-bond acceptors (Lipinski definition) is 4. The molecule has 0 aliphatic heterocycles. The van der Waals surface area contributed by atoms with Crippen molar-refractivity contribution in [2.75, 3.05) is 6.54 Å². The largest absolute Gasteiger partial charge is 0.310 e. The van der Waals surface area contributed by atoms with Crippen molar-refractivity contribution < 1.29 is 0 Å². The van der Waals surface area contributed by atoms with Gasteiger partial charge in [-0.3, -0.25) is 5.10 Å². The summed E-state index contributed by atoms with van der Waals surface area (Å²) in [5.74, 6) is 0. The molecule has 5 heteroatoms. The summed E-state index contributed by atoms with van der Waals surface area (Å²) in [5.41, 5.74) is 4.73. The predicted molar refractivity (Wildman–Crippen MR) is 90.9 cm³/mol. The van der Waals surface area contributed by atoms with E-state index >= 15 is 0 Å². The van der Waals surface area contributed by atoms with Gasteiger partial charge in [0.25, 0.3) is 0 Å². The molecule has 2 N–H and O–H groups in total. The topological polar surface area (TPSA) is 53.6 Å². The van der Waals surface area contributed by atoms with Gasteiger partial charge in [0.2, 0.25) is 0 Å². The molecule has 0 fully saturated rings. The first kappa shape index (κ1) is 14.9. The van der Waals surface area contributed by atoms with Gasteiger partial charge in [-0.05, 0) is 31.9 Å². The number of nitrogens with one attached hydrogen (secondary N) is 2. The van der Waals surface area contributed by atoms with Gasteiger partial charge in [0.1, 0.15) is 5.01 Å². The summed E-state index contributed by atoms with van der Waals surface area (Å²) in [7, 11) is 0. The van der Waals surface area contributed by atoms with Crippen LogP contribution in [0.5, 0.6) is 0 Å². The van der Waals surface area contributed by atoms with Gasteiger partial charge >= 0.3 is 0 Å². The average Bonchev–Trinajstić information content (AvgIpc) is 3.17. The van der Waals surface area contributed by atoms with Gasteiger partial charge in [-0.1, -0.05) is 30.3 Å². The van der Waals surface area contributed by atoms with Crippen LogP contribution < -0.4 is 5.32 Å². The summed E-state index contributed by atoms with van der Waals surface area (Å²) in [5, 5.41) is 13.8. The minimum atomic E-state index is 0.835. The highest BCUT2D eigenvalue weighted by molar-refractivity contribution is 7.09. The van der Waals surface area contributed by atoms with E-state index in [1.165, 1.54) is 16.8 Å². The third-order valence-electron chi connectivity index (χ3n) is 3.63. The summed E-state index contributed by atoms with van der Waals surface area (Å²) < 4.78 is 0. The molecule has 0 unspecified atom stereocenters. The molecule has 2 aromatic heterocycles. The van der Waals surface area contributed by atoms with Crippen molar-refractivity contribution in [1.29, 1.82) is 0 Å². The first-order chi connectivity index (χ1) is 10.8.